The highest BCUT2D eigenvalue weighted by molar-refractivity contribution is 9.10. The lowest BCUT2D eigenvalue weighted by Gasteiger charge is -2.18. The second-order valence-electron chi connectivity index (χ2n) is 6.77. The second kappa shape index (κ2) is 10.4. The molecular formula is C18H28BrFN4O. The molecule has 0 fully saturated rings. The van der Waals surface area contributed by atoms with Crippen LogP contribution in [0.25, 0.3) is 0 Å². The summed E-state index contributed by atoms with van der Waals surface area (Å²) < 4.78 is 14.5. The summed E-state index contributed by atoms with van der Waals surface area (Å²) >= 11 is 3.25. The van der Waals surface area contributed by atoms with Crippen molar-refractivity contribution in [3.63, 3.8) is 0 Å². The summed E-state index contributed by atoms with van der Waals surface area (Å²) in [6, 6.07) is 5.12. The number of hydrogen-bond acceptors (Lipinski definition) is 2. The number of guanidine groups is 1. The number of aryl methyl sites for hydroxylation is 1. The Morgan fingerprint density at radius 3 is 2.40 bits per heavy atom. The van der Waals surface area contributed by atoms with Crippen LogP contribution in [0.4, 0.5) is 4.39 Å². The highest BCUT2D eigenvalue weighted by atomic mass is 79.9. The van der Waals surface area contributed by atoms with E-state index in [1.165, 1.54) is 6.07 Å². The van der Waals surface area contributed by atoms with Crippen molar-refractivity contribution in [2.45, 2.75) is 33.6 Å². The van der Waals surface area contributed by atoms with Crippen LogP contribution in [0.2, 0.25) is 0 Å². The predicted octanol–water partition coefficient (Wildman–Crippen LogP) is 2.85. The summed E-state index contributed by atoms with van der Waals surface area (Å²) in [6.45, 7) is 7.44. The van der Waals surface area contributed by atoms with Crippen molar-refractivity contribution in [1.82, 2.24) is 16.0 Å². The van der Waals surface area contributed by atoms with Crippen molar-refractivity contribution in [3.8, 4) is 0 Å². The molecule has 7 heteroatoms. The van der Waals surface area contributed by atoms with Gasteiger partial charge in [-0.25, -0.2) is 4.39 Å². The first-order valence-corrected chi connectivity index (χ1v) is 9.20. The summed E-state index contributed by atoms with van der Waals surface area (Å²) in [5.41, 5.74) is 0.320. The van der Waals surface area contributed by atoms with Crippen molar-refractivity contribution < 1.29 is 9.18 Å². The number of halogens is 2. The molecule has 0 atom stereocenters. The number of hydrogen-bond donors (Lipinski definition) is 3. The van der Waals surface area contributed by atoms with Crippen molar-refractivity contribution in [2.24, 2.45) is 10.4 Å². The van der Waals surface area contributed by atoms with Gasteiger partial charge in [0.15, 0.2) is 5.96 Å². The van der Waals surface area contributed by atoms with Gasteiger partial charge in [-0.05, 0) is 30.5 Å². The molecular weight excluding hydrogens is 387 g/mol. The van der Waals surface area contributed by atoms with Gasteiger partial charge in [0.25, 0.3) is 0 Å². The Labute approximate surface area is 158 Å². The van der Waals surface area contributed by atoms with Gasteiger partial charge in [-0.2, -0.15) is 0 Å². The molecule has 0 aliphatic carbocycles. The lowest BCUT2D eigenvalue weighted by molar-refractivity contribution is -0.128. The van der Waals surface area contributed by atoms with E-state index in [4.69, 9.17) is 0 Å². The van der Waals surface area contributed by atoms with E-state index in [0.717, 1.165) is 10.9 Å². The monoisotopic (exact) mass is 414 g/mol. The molecule has 5 nitrogen and oxygen atoms in total. The van der Waals surface area contributed by atoms with E-state index in [1.54, 1.807) is 13.1 Å². The van der Waals surface area contributed by atoms with E-state index in [2.05, 4.69) is 36.9 Å². The molecule has 140 valence electrons. The molecule has 0 bridgehead atoms. The third kappa shape index (κ3) is 8.34. The summed E-state index contributed by atoms with van der Waals surface area (Å²) in [4.78, 5) is 15.9. The maximum Gasteiger partial charge on any atom is 0.225 e. The van der Waals surface area contributed by atoms with E-state index in [0.29, 0.717) is 37.6 Å². The highest BCUT2D eigenvalue weighted by Gasteiger charge is 2.20. The summed E-state index contributed by atoms with van der Waals surface area (Å²) in [7, 11) is 1.69. The molecule has 0 unspecified atom stereocenters. The van der Waals surface area contributed by atoms with Crippen LogP contribution >= 0.6 is 15.9 Å². The predicted molar refractivity (Wildman–Crippen MR) is 104 cm³/mol. The first kappa shape index (κ1) is 21.4. The maximum atomic E-state index is 13.7. The topological polar surface area (TPSA) is 65.5 Å². The number of benzene rings is 1. The van der Waals surface area contributed by atoms with Crippen LogP contribution in [0.15, 0.2) is 27.7 Å². The molecule has 1 rings (SSSR count). The summed E-state index contributed by atoms with van der Waals surface area (Å²) in [5, 5.41) is 9.19. The highest BCUT2D eigenvalue weighted by Crippen LogP contribution is 2.16. The van der Waals surface area contributed by atoms with Crippen LogP contribution in [0, 0.1) is 11.2 Å². The van der Waals surface area contributed by atoms with Gasteiger partial charge in [-0.15, -0.1) is 0 Å². The van der Waals surface area contributed by atoms with Gasteiger partial charge < -0.3 is 16.0 Å². The Kier molecular flexibility index (Phi) is 8.89. The standard InChI is InChI=1S/C18H28BrFN4O/c1-18(2,3)16(25)22-10-11-24-17(21-4)23-9-5-6-13-7-8-14(19)12-15(13)20/h7-8,12H,5-6,9-11H2,1-4H3,(H,22,25)(H2,21,23,24). The van der Waals surface area contributed by atoms with Gasteiger partial charge in [0.1, 0.15) is 5.82 Å². The maximum absolute atomic E-state index is 13.7. The molecule has 0 aliphatic heterocycles. The zero-order chi connectivity index (χ0) is 18.9. The lowest BCUT2D eigenvalue weighted by Crippen LogP contribution is -2.43. The fourth-order valence-electron chi connectivity index (χ4n) is 2.05. The quantitative estimate of drug-likeness (QED) is 0.365. The van der Waals surface area contributed by atoms with E-state index in [1.807, 2.05) is 26.8 Å². The van der Waals surface area contributed by atoms with E-state index in [9.17, 15) is 9.18 Å². The van der Waals surface area contributed by atoms with Crippen LogP contribution in [0.5, 0.6) is 0 Å². The van der Waals surface area contributed by atoms with E-state index in [-0.39, 0.29) is 17.1 Å². The molecule has 25 heavy (non-hydrogen) atoms. The number of nitrogens with one attached hydrogen (secondary N) is 3. The van der Waals surface area contributed by atoms with Gasteiger partial charge in [0.2, 0.25) is 5.91 Å². The molecule has 0 aromatic heterocycles. The minimum Gasteiger partial charge on any atom is -0.356 e. The number of rotatable bonds is 7. The third-order valence-corrected chi connectivity index (χ3v) is 4.03. The fourth-order valence-corrected chi connectivity index (χ4v) is 2.39. The van der Waals surface area contributed by atoms with Gasteiger partial charge in [0, 0.05) is 36.6 Å². The largest absolute Gasteiger partial charge is 0.356 e. The third-order valence-electron chi connectivity index (χ3n) is 3.54. The SMILES string of the molecule is CN=C(NCCCc1ccc(Br)cc1F)NCCNC(=O)C(C)(C)C. The minimum atomic E-state index is -0.387. The number of nitrogens with zero attached hydrogens (tertiary/aromatic N) is 1. The Morgan fingerprint density at radius 2 is 1.80 bits per heavy atom. The van der Waals surface area contributed by atoms with Crippen molar-refractivity contribution in [2.75, 3.05) is 26.7 Å². The number of amides is 1. The van der Waals surface area contributed by atoms with E-state index >= 15 is 0 Å². The van der Waals surface area contributed by atoms with Crippen molar-refractivity contribution in [1.29, 1.82) is 0 Å². The molecule has 0 saturated heterocycles. The molecule has 1 aromatic rings. The average molecular weight is 415 g/mol. The molecule has 3 N–H and O–H groups in total. The molecule has 1 amide bonds. The Bertz CT molecular complexity index is 599. The molecule has 0 spiro atoms. The molecule has 0 saturated carbocycles. The Balaban J connectivity index is 2.23. The first-order valence-electron chi connectivity index (χ1n) is 8.41. The van der Waals surface area contributed by atoms with Gasteiger partial charge >= 0.3 is 0 Å². The molecule has 0 aliphatic rings. The van der Waals surface area contributed by atoms with Crippen LogP contribution in [0.3, 0.4) is 0 Å². The molecule has 1 aromatic carbocycles. The smallest absolute Gasteiger partial charge is 0.225 e. The number of carbonyl (C=O) groups excluding carboxylic acids is 1. The van der Waals surface area contributed by atoms with Crippen LogP contribution in [-0.4, -0.2) is 38.5 Å². The summed E-state index contributed by atoms with van der Waals surface area (Å²) in [5.74, 6) is 0.501. The van der Waals surface area contributed by atoms with Crippen LogP contribution in [0.1, 0.15) is 32.8 Å². The van der Waals surface area contributed by atoms with Gasteiger partial charge in [-0.1, -0.05) is 42.8 Å². The first-order chi connectivity index (χ1) is 11.7. The lowest BCUT2D eigenvalue weighted by atomic mass is 9.96. The Hall–Kier alpha value is -1.63. The summed E-state index contributed by atoms with van der Waals surface area (Å²) in [6.07, 6.45) is 1.45. The molecule has 0 radical (unpaired) electrons. The number of carbonyl (C=O) groups is 1. The van der Waals surface area contributed by atoms with Crippen LogP contribution in [-0.2, 0) is 11.2 Å². The van der Waals surface area contributed by atoms with E-state index < -0.39 is 0 Å². The van der Waals surface area contributed by atoms with Crippen molar-refractivity contribution in [3.05, 3.63) is 34.1 Å². The zero-order valence-corrected chi connectivity index (χ0v) is 17.0. The van der Waals surface area contributed by atoms with Crippen LogP contribution < -0.4 is 16.0 Å². The van der Waals surface area contributed by atoms with Crippen molar-refractivity contribution >= 4 is 27.8 Å². The average Bonchev–Trinajstić information content (AvgIpc) is 2.53. The normalized spacial score (nSPS) is 12.0. The number of aliphatic imine (C=N–C) groups is 1. The second-order valence-corrected chi connectivity index (χ2v) is 7.69. The molecule has 0 heterocycles. The zero-order valence-electron chi connectivity index (χ0n) is 15.4. The fraction of sp³-hybridized carbons (Fsp3) is 0.556. The minimum absolute atomic E-state index is 0.0220. The Morgan fingerprint density at radius 1 is 1.16 bits per heavy atom. The van der Waals surface area contributed by atoms with Gasteiger partial charge in [0.05, 0.1) is 0 Å². The van der Waals surface area contributed by atoms with Gasteiger partial charge in [-0.3, -0.25) is 9.79 Å².